The summed E-state index contributed by atoms with van der Waals surface area (Å²) in [6.07, 6.45) is -4.45. The number of carbonyl (C=O) groups is 1. The third kappa shape index (κ3) is 4.62. The van der Waals surface area contributed by atoms with Crippen molar-refractivity contribution in [3.63, 3.8) is 0 Å². The van der Waals surface area contributed by atoms with E-state index in [0.717, 1.165) is 12.1 Å². The molecule has 0 aliphatic carbocycles. The topological polar surface area (TPSA) is 50.4 Å². The summed E-state index contributed by atoms with van der Waals surface area (Å²) < 4.78 is 44.0. The number of methoxy groups -OCH3 is 1. The first-order valence-corrected chi connectivity index (χ1v) is 8.35. The second-order valence-corrected chi connectivity index (χ2v) is 5.94. The number of alkyl halides is 3. The average Bonchev–Trinajstić information content (AvgIpc) is 2.68. The molecule has 0 aliphatic rings. The van der Waals surface area contributed by atoms with Crippen LogP contribution in [0.25, 0.3) is 0 Å². The molecule has 2 N–H and O–H groups in total. The molecular weight excluding hydrogens is 369 g/mol. The molecule has 0 aromatic heterocycles. The average molecular weight is 386 g/mol. The van der Waals surface area contributed by atoms with Crippen LogP contribution in [0.3, 0.4) is 0 Å². The van der Waals surface area contributed by atoms with Gasteiger partial charge in [-0.2, -0.15) is 13.2 Å². The Labute approximate surface area is 160 Å². The van der Waals surface area contributed by atoms with Gasteiger partial charge in [0.2, 0.25) is 0 Å². The van der Waals surface area contributed by atoms with Crippen molar-refractivity contribution in [1.82, 2.24) is 0 Å². The van der Waals surface area contributed by atoms with Crippen molar-refractivity contribution in [2.24, 2.45) is 0 Å². The van der Waals surface area contributed by atoms with Crippen molar-refractivity contribution in [2.75, 3.05) is 17.7 Å². The third-order valence-corrected chi connectivity index (χ3v) is 3.96. The van der Waals surface area contributed by atoms with Crippen molar-refractivity contribution in [3.05, 3.63) is 83.9 Å². The fourth-order valence-electron chi connectivity index (χ4n) is 2.60. The molecule has 28 heavy (non-hydrogen) atoms. The lowest BCUT2D eigenvalue weighted by Crippen LogP contribution is -2.12. The maximum Gasteiger partial charge on any atom is 0.416 e. The number of para-hydroxylation sites is 1. The number of benzene rings is 3. The van der Waals surface area contributed by atoms with Gasteiger partial charge in [-0.3, -0.25) is 4.79 Å². The van der Waals surface area contributed by atoms with Crippen molar-refractivity contribution < 1.29 is 22.7 Å². The zero-order valence-electron chi connectivity index (χ0n) is 14.9. The Morgan fingerprint density at radius 2 is 1.61 bits per heavy atom. The second kappa shape index (κ2) is 8.04. The van der Waals surface area contributed by atoms with Crippen molar-refractivity contribution in [1.29, 1.82) is 0 Å². The Morgan fingerprint density at radius 1 is 0.893 bits per heavy atom. The number of amides is 1. The van der Waals surface area contributed by atoms with Gasteiger partial charge in [0.15, 0.2) is 0 Å². The highest BCUT2D eigenvalue weighted by Crippen LogP contribution is 2.33. The first-order chi connectivity index (χ1) is 13.4. The quantitative estimate of drug-likeness (QED) is 0.591. The Hall–Kier alpha value is -3.48. The lowest BCUT2D eigenvalue weighted by Gasteiger charge is -2.14. The maximum atomic E-state index is 12.9. The van der Waals surface area contributed by atoms with Gasteiger partial charge in [-0.05, 0) is 48.5 Å². The number of rotatable bonds is 5. The van der Waals surface area contributed by atoms with Crippen LogP contribution >= 0.6 is 0 Å². The Morgan fingerprint density at radius 3 is 2.29 bits per heavy atom. The molecule has 0 heterocycles. The van der Waals surface area contributed by atoms with Crippen LogP contribution in [0.5, 0.6) is 5.75 Å². The monoisotopic (exact) mass is 386 g/mol. The first kappa shape index (κ1) is 19.3. The summed E-state index contributed by atoms with van der Waals surface area (Å²) in [5.74, 6) is 0.0506. The molecule has 144 valence electrons. The van der Waals surface area contributed by atoms with E-state index in [0.29, 0.717) is 22.7 Å². The number of ether oxygens (including phenoxy) is 1. The first-order valence-electron chi connectivity index (χ1n) is 8.35. The minimum Gasteiger partial charge on any atom is -0.495 e. The van der Waals surface area contributed by atoms with E-state index in [1.807, 2.05) is 6.07 Å². The number of carbonyl (C=O) groups excluding carboxylic acids is 1. The van der Waals surface area contributed by atoms with Gasteiger partial charge in [-0.15, -0.1) is 0 Å². The van der Waals surface area contributed by atoms with Crippen LogP contribution in [0, 0.1) is 0 Å². The molecule has 4 nitrogen and oxygen atoms in total. The molecule has 1 amide bonds. The summed E-state index contributed by atoms with van der Waals surface area (Å²) in [4.78, 5) is 12.5. The number of halogens is 3. The molecule has 0 saturated carbocycles. The lowest BCUT2D eigenvalue weighted by atomic mass is 10.1. The number of hydrogen-bond donors (Lipinski definition) is 2. The lowest BCUT2D eigenvalue weighted by molar-refractivity contribution is -0.137. The number of anilines is 3. The predicted octanol–water partition coefficient (Wildman–Crippen LogP) is 5.71. The molecule has 0 unspecified atom stereocenters. The highest BCUT2D eigenvalue weighted by atomic mass is 19.4. The van der Waals surface area contributed by atoms with Gasteiger partial charge < -0.3 is 15.4 Å². The van der Waals surface area contributed by atoms with Crippen molar-refractivity contribution >= 4 is 23.0 Å². The van der Waals surface area contributed by atoms with E-state index in [1.165, 1.54) is 25.3 Å². The summed E-state index contributed by atoms with van der Waals surface area (Å²) in [6.45, 7) is 0. The molecule has 0 aliphatic heterocycles. The van der Waals surface area contributed by atoms with E-state index in [2.05, 4.69) is 10.6 Å². The van der Waals surface area contributed by atoms with Gasteiger partial charge in [-0.1, -0.05) is 24.3 Å². The fourth-order valence-corrected chi connectivity index (χ4v) is 2.60. The molecule has 0 radical (unpaired) electrons. The molecule has 3 aromatic rings. The van der Waals surface area contributed by atoms with Crippen LogP contribution in [0.4, 0.5) is 30.2 Å². The van der Waals surface area contributed by atoms with Crippen LogP contribution in [0.1, 0.15) is 15.9 Å². The largest absolute Gasteiger partial charge is 0.495 e. The van der Waals surface area contributed by atoms with Crippen LogP contribution in [0.2, 0.25) is 0 Å². The molecule has 0 spiro atoms. The van der Waals surface area contributed by atoms with E-state index < -0.39 is 11.7 Å². The summed E-state index contributed by atoms with van der Waals surface area (Å²) in [5.41, 5.74) is 0.806. The minimum atomic E-state index is -4.45. The van der Waals surface area contributed by atoms with Crippen LogP contribution in [0.15, 0.2) is 72.8 Å². The Balaban J connectivity index is 1.86. The van der Waals surface area contributed by atoms with E-state index in [1.54, 1.807) is 36.4 Å². The van der Waals surface area contributed by atoms with Crippen LogP contribution in [-0.4, -0.2) is 13.0 Å². The molecule has 0 fully saturated rings. The van der Waals surface area contributed by atoms with Gasteiger partial charge in [0, 0.05) is 16.9 Å². The number of nitrogens with one attached hydrogen (secondary N) is 2. The maximum absolute atomic E-state index is 12.9. The smallest absolute Gasteiger partial charge is 0.416 e. The predicted molar refractivity (Wildman–Crippen MR) is 102 cm³/mol. The van der Waals surface area contributed by atoms with Crippen molar-refractivity contribution in [2.45, 2.75) is 6.18 Å². The third-order valence-electron chi connectivity index (χ3n) is 3.96. The zero-order valence-corrected chi connectivity index (χ0v) is 14.9. The Kier molecular flexibility index (Phi) is 5.54. The van der Waals surface area contributed by atoms with Gasteiger partial charge >= 0.3 is 6.18 Å². The highest BCUT2D eigenvalue weighted by Gasteiger charge is 2.30. The second-order valence-electron chi connectivity index (χ2n) is 5.94. The highest BCUT2D eigenvalue weighted by molar-refractivity contribution is 6.05. The molecule has 0 saturated heterocycles. The molecule has 7 heteroatoms. The van der Waals surface area contributed by atoms with Crippen LogP contribution in [-0.2, 0) is 6.18 Å². The SMILES string of the molecule is COc1ccc(C(=O)Nc2ccccc2)cc1Nc1cccc(C(F)(F)F)c1. The van der Waals surface area contributed by atoms with Crippen LogP contribution < -0.4 is 15.4 Å². The minimum absolute atomic E-state index is 0.230. The zero-order chi connectivity index (χ0) is 20.1. The van der Waals surface area contributed by atoms with Gasteiger partial charge in [0.05, 0.1) is 18.4 Å². The summed E-state index contributed by atoms with van der Waals surface area (Å²) in [6, 6.07) is 18.4. The summed E-state index contributed by atoms with van der Waals surface area (Å²) in [7, 11) is 1.44. The van der Waals surface area contributed by atoms with E-state index >= 15 is 0 Å². The van der Waals surface area contributed by atoms with E-state index in [9.17, 15) is 18.0 Å². The molecule has 3 rings (SSSR count). The van der Waals surface area contributed by atoms with Crippen molar-refractivity contribution in [3.8, 4) is 5.75 Å². The Bertz CT molecular complexity index is 973. The van der Waals surface area contributed by atoms with Gasteiger partial charge in [0.25, 0.3) is 5.91 Å². The number of hydrogen-bond acceptors (Lipinski definition) is 3. The van der Waals surface area contributed by atoms with Gasteiger partial charge in [0.1, 0.15) is 5.75 Å². The van der Waals surface area contributed by atoms with Gasteiger partial charge in [-0.25, -0.2) is 0 Å². The summed E-state index contributed by atoms with van der Waals surface area (Å²) in [5, 5.41) is 5.65. The standard InChI is InChI=1S/C21H17F3N2O2/c1-28-19-11-10-14(20(27)26-16-7-3-2-4-8-16)12-18(19)25-17-9-5-6-15(13-17)21(22,23)24/h2-13,25H,1H3,(H,26,27). The molecule has 0 atom stereocenters. The summed E-state index contributed by atoms with van der Waals surface area (Å²) >= 11 is 0. The normalized spacial score (nSPS) is 11.0. The van der Waals surface area contributed by atoms with E-state index in [-0.39, 0.29) is 11.6 Å². The molecular formula is C21H17F3N2O2. The van der Waals surface area contributed by atoms with E-state index in [4.69, 9.17) is 4.74 Å². The fraction of sp³-hybridized carbons (Fsp3) is 0.0952. The molecule has 0 bridgehead atoms. The molecule has 3 aromatic carbocycles.